The number of aromatic amines is 1. The van der Waals surface area contributed by atoms with Crippen molar-refractivity contribution in [1.82, 2.24) is 4.98 Å². The van der Waals surface area contributed by atoms with Crippen LogP contribution >= 0.6 is 0 Å². The Hall–Kier alpha value is -2.55. The topological polar surface area (TPSA) is 53.1 Å². The average molecular weight is 293 g/mol. The van der Waals surface area contributed by atoms with E-state index in [4.69, 9.17) is 5.11 Å². The third-order valence-corrected chi connectivity index (χ3v) is 4.06. The Balaban J connectivity index is 2.01. The van der Waals surface area contributed by atoms with Gasteiger partial charge in [0.25, 0.3) is 0 Å². The highest BCUT2D eigenvalue weighted by molar-refractivity contribution is 5.87. The maximum absolute atomic E-state index is 10.7. The van der Waals surface area contributed by atoms with Gasteiger partial charge in [-0.3, -0.25) is 4.79 Å². The number of carboxylic acid groups (broad SMARTS) is 1. The Morgan fingerprint density at radius 3 is 2.50 bits per heavy atom. The minimum Gasteiger partial charge on any atom is -0.481 e. The van der Waals surface area contributed by atoms with Gasteiger partial charge in [0, 0.05) is 28.6 Å². The van der Waals surface area contributed by atoms with Crippen molar-refractivity contribution >= 4 is 16.9 Å². The molecule has 0 spiro atoms. The Bertz CT molecular complexity index is 826. The van der Waals surface area contributed by atoms with Crippen LogP contribution in [-0.2, 0) is 11.2 Å². The molecule has 0 bridgehead atoms. The number of benzene rings is 2. The number of hydrogen-bond acceptors (Lipinski definition) is 1. The molecule has 0 saturated carbocycles. The molecule has 0 atom stereocenters. The summed E-state index contributed by atoms with van der Waals surface area (Å²) in [4.78, 5) is 14.2. The van der Waals surface area contributed by atoms with E-state index in [0.29, 0.717) is 6.42 Å². The van der Waals surface area contributed by atoms with Crippen LogP contribution in [-0.4, -0.2) is 16.1 Å². The van der Waals surface area contributed by atoms with Crippen LogP contribution in [0.3, 0.4) is 0 Å². The third-order valence-electron chi connectivity index (χ3n) is 4.06. The van der Waals surface area contributed by atoms with E-state index in [1.807, 2.05) is 12.1 Å². The first-order valence-electron chi connectivity index (χ1n) is 7.44. The second-order valence-electron chi connectivity index (χ2n) is 5.77. The van der Waals surface area contributed by atoms with Gasteiger partial charge >= 0.3 is 5.97 Å². The van der Waals surface area contributed by atoms with Crippen molar-refractivity contribution in [3.63, 3.8) is 0 Å². The summed E-state index contributed by atoms with van der Waals surface area (Å²) in [5, 5.41) is 9.92. The summed E-state index contributed by atoms with van der Waals surface area (Å²) < 4.78 is 0. The quantitative estimate of drug-likeness (QED) is 0.745. The minimum absolute atomic E-state index is 0.166. The van der Waals surface area contributed by atoms with Crippen molar-refractivity contribution in [2.45, 2.75) is 26.7 Å². The van der Waals surface area contributed by atoms with E-state index in [9.17, 15) is 4.79 Å². The van der Waals surface area contributed by atoms with Gasteiger partial charge in [0.1, 0.15) is 0 Å². The summed E-state index contributed by atoms with van der Waals surface area (Å²) in [7, 11) is 0. The molecule has 2 aromatic carbocycles. The fourth-order valence-electron chi connectivity index (χ4n) is 2.96. The van der Waals surface area contributed by atoms with Crippen LogP contribution in [0.2, 0.25) is 0 Å². The highest BCUT2D eigenvalue weighted by Crippen LogP contribution is 2.30. The lowest BCUT2D eigenvalue weighted by molar-refractivity contribution is -0.136. The van der Waals surface area contributed by atoms with Crippen molar-refractivity contribution in [3.8, 4) is 11.3 Å². The number of aryl methyl sites for hydroxylation is 3. The van der Waals surface area contributed by atoms with Crippen LogP contribution in [0.4, 0.5) is 0 Å². The molecular formula is C19H19NO2. The molecule has 0 aliphatic carbocycles. The van der Waals surface area contributed by atoms with Gasteiger partial charge in [-0.05, 0) is 55.2 Å². The number of hydrogen-bond donors (Lipinski definition) is 2. The van der Waals surface area contributed by atoms with Gasteiger partial charge in [0.2, 0.25) is 0 Å². The van der Waals surface area contributed by atoms with E-state index < -0.39 is 5.97 Å². The Labute approximate surface area is 129 Å². The second-order valence-corrected chi connectivity index (χ2v) is 5.77. The first kappa shape index (κ1) is 14.4. The van der Waals surface area contributed by atoms with E-state index in [-0.39, 0.29) is 6.42 Å². The molecule has 3 heteroatoms. The number of carboxylic acids is 1. The average Bonchev–Trinajstić information content (AvgIpc) is 2.87. The maximum Gasteiger partial charge on any atom is 0.303 e. The highest BCUT2D eigenvalue weighted by Gasteiger charge is 2.09. The molecule has 0 amide bonds. The van der Waals surface area contributed by atoms with Crippen molar-refractivity contribution < 1.29 is 9.90 Å². The monoisotopic (exact) mass is 293 g/mol. The minimum atomic E-state index is -0.759. The molecule has 0 unspecified atom stereocenters. The molecule has 3 rings (SSSR count). The molecule has 1 heterocycles. The number of rotatable bonds is 4. The molecule has 3 nitrogen and oxygen atoms in total. The largest absolute Gasteiger partial charge is 0.481 e. The van der Waals surface area contributed by atoms with E-state index >= 15 is 0 Å². The van der Waals surface area contributed by atoms with Gasteiger partial charge in [0.15, 0.2) is 0 Å². The molecule has 1 aromatic heterocycles. The predicted octanol–water partition coefficient (Wildman–Crippen LogP) is 4.47. The van der Waals surface area contributed by atoms with Crippen molar-refractivity contribution in [2.24, 2.45) is 0 Å². The fourth-order valence-corrected chi connectivity index (χ4v) is 2.96. The fraction of sp³-hybridized carbons (Fsp3) is 0.211. The van der Waals surface area contributed by atoms with Crippen LogP contribution in [0.25, 0.3) is 22.2 Å². The van der Waals surface area contributed by atoms with Crippen LogP contribution in [0.15, 0.2) is 42.5 Å². The molecule has 22 heavy (non-hydrogen) atoms. The predicted molar refractivity (Wildman–Crippen MR) is 89.2 cm³/mol. The van der Waals surface area contributed by atoms with E-state index in [1.165, 1.54) is 16.7 Å². The number of aliphatic carboxylic acids is 1. The Morgan fingerprint density at radius 2 is 1.82 bits per heavy atom. The van der Waals surface area contributed by atoms with Crippen molar-refractivity contribution in [3.05, 3.63) is 59.2 Å². The molecular weight excluding hydrogens is 274 g/mol. The zero-order valence-corrected chi connectivity index (χ0v) is 12.8. The number of carbonyl (C=O) groups is 1. The van der Waals surface area contributed by atoms with E-state index in [2.05, 4.69) is 49.2 Å². The Morgan fingerprint density at radius 1 is 1.09 bits per heavy atom. The molecule has 0 saturated heterocycles. The number of nitrogens with one attached hydrogen (secondary N) is 1. The molecule has 0 fully saturated rings. The van der Waals surface area contributed by atoms with Gasteiger partial charge in [0.05, 0.1) is 0 Å². The van der Waals surface area contributed by atoms with Gasteiger partial charge in [-0.2, -0.15) is 0 Å². The molecule has 112 valence electrons. The molecule has 0 aliphatic heterocycles. The molecule has 0 radical (unpaired) electrons. The van der Waals surface area contributed by atoms with Gasteiger partial charge in [-0.15, -0.1) is 0 Å². The second kappa shape index (κ2) is 5.68. The summed E-state index contributed by atoms with van der Waals surface area (Å²) in [5.74, 6) is -0.759. The SMILES string of the molecule is Cc1cccc(C)c1-c1cc2cc(CCC(=O)O)ccc2[nH]1. The lowest BCUT2D eigenvalue weighted by atomic mass is 10.00. The zero-order chi connectivity index (χ0) is 15.7. The van der Waals surface area contributed by atoms with Crippen LogP contribution in [0.1, 0.15) is 23.1 Å². The summed E-state index contributed by atoms with van der Waals surface area (Å²) >= 11 is 0. The van der Waals surface area contributed by atoms with E-state index in [1.54, 1.807) is 0 Å². The standard InChI is InChI=1S/C19H19NO2/c1-12-4-3-5-13(2)19(12)17-11-15-10-14(7-9-18(21)22)6-8-16(15)20-17/h3-6,8,10-11,20H,7,9H2,1-2H3,(H,21,22). The third kappa shape index (κ3) is 2.75. The maximum atomic E-state index is 10.7. The summed E-state index contributed by atoms with van der Waals surface area (Å²) in [5.41, 5.74) is 6.99. The smallest absolute Gasteiger partial charge is 0.303 e. The number of fused-ring (bicyclic) bond motifs is 1. The lowest BCUT2D eigenvalue weighted by Crippen LogP contribution is -1.96. The van der Waals surface area contributed by atoms with Crippen molar-refractivity contribution in [1.29, 1.82) is 0 Å². The normalized spacial score (nSPS) is 11.0. The van der Waals surface area contributed by atoms with Crippen molar-refractivity contribution in [2.75, 3.05) is 0 Å². The molecule has 3 aromatic rings. The van der Waals surface area contributed by atoms with Gasteiger partial charge in [-0.1, -0.05) is 24.3 Å². The van der Waals surface area contributed by atoms with Crippen LogP contribution in [0, 0.1) is 13.8 Å². The number of aromatic nitrogens is 1. The van der Waals surface area contributed by atoms with Crippen LogP contribution < -0.4 is 0 Å². The number of H-pyrrole nitrogens is 1. The molecule has 0 aliphatic rings. The first-order chi connectivity index (χ1) is 10.5. The highest BCUT2D eigenvalue weighted by atomic mass is 16.4. The lowest BCUT2D eigenvalue weighted by Gasteiger charge is -2.07. The van der Waals surface area contributed by atoms with E-state index in [0.717, 1.165) is 22.2 Å². The molecule has 2 N–H and O–H groups in total. The van der Waals surface area contributed by atoms with Gasteiger partial charge in [-0.25, -0.2) is 0 Å². The first-order valence-corrected chi connectivity index (χ1v) is 7.44. The Kier molecular flexibility index (Phi) is 3.72. The zero-order valence-electron chi connectivity index (χ0n) is 12.8. The van der Waals surface area contributed by atoms with Gasteiger partial charge < -0.3 is 10.1 Å². The summed E-state index contributed by atoms with van der Waals surface area (Å²) in [6.45, 7) is 4.23. The summed E-state index contributed by atoms with van der Waals surface area (Å²) in [6.07, 6.45) is 0.731. The summed E-state index contributed by atoms with van der Waals surface area (Å²) in [6, 6.07) is 14.6. The van der Waals surface area contributed by atoms with Crippen LogP contribution in [0.5, 0.6) is 0 Å².